The second-order valence-electron chi connectivity index (χ2n) is 2.35. The van der Waals surface area contributed by atoms with E-state index in [2.05, 4.69) is 4.74 Å². The van der Waals surface area contributed by atoms with E-state index >= 15 is 0 Å². The number of hydrogen-bond donors (Lipinski definition) is 1. The lowest BCUT2D eigenvalue weighted by molar-refractivity contribution is -0.155. The summed E-state index contributed by atoms with van der Waals surface area (Å²) in [5.41, 5.74) is 0. The van der Waals surface area contributed by atoms with Crippen molar-refractivity contribution < 1.29 is 35.7 Å². The van der Waals surface area contributed by atoms with Gasteiger partial charge in [-0.25, -0.2) is 0 Å². The summed E-state index contributed by atoms with van der Waals surface area (Å²) in [7, 11) is -5.32. The van der Waals surface area contributed by atoms with Crippen LogP contribution in [-0.2, 0) is 19.6 Å². The summed E-state index contributed by atoms with van der Waals surface area (Å²) >= 11 is 0. The number of alkyl halides is 3. The van der Waals surface area contributed by atoms with Gasteiger partial charge in [0.25, 0.3) is 10.1 Å². The third-order valence-electron chi connectivity index (χ3n) is 1.16. The predicted octanol–water partition coefficient (Wildman–Crippen LogP) is 0.368. The molecule has 0 aliphatic heterocycles. The van der Waals surface area contributed by atoms with Crippen LogP contribution in [0.25, 0.3) is 0 Å². The molecule has 5 nitrogen and oxygen atoms in total. The van der Waals surface area contributed by atoms with Crippen LogP contribution in [0.2, 0.25) is 0 Å². The van der Waals surface area contributed by atoms with E-state index in [0.717, 1.165) is 6.92 Å². The molecule has 0 amide bonds. The summed E-state index contributed by atoms with van der Waals surface area (Å²) in [5, 5.41) is -3.10. The van der Waals surface area contributed by atoms with E-state index in [9.17, 15) is 26.4 Å². The lowest BCUT2D eigenvalue weighted by Gasteiger charge is -2.16. The Morgan fingerprint density at radius 3 is 2.14 bits per heavy atom. The maximum Gasteiger partial charge on any atom is 0.411 e. The van der Waals surface area contributed by atoms with Gasteiger partial charge in [0.15, 0.2) is 0 Å². The number of hydrogen-bond acceptors (Lipinski definition) is 4. The van der Waals surface area contributed by atoms with E-state index in [1.165, 1.54) is 0 Å². The zero-order chi connectivity index (χ0) is 11.6. The Labute approximate surface area is 77.6 Å². The summed E-state index contributed by atoms with van der Waals surface area (Å²) in [5.74, 6) is -1.07. The fourth-order valence-electron chi connectivity index (χ4n) is 0.542. The molecule has 0 heterocycles. The van der Waals surface area contributed by atoms with Crippen molar-refractivity contribution in [3.63, 3.8) is 0 Å². The van der Waals surface area contributed by atoms with Gasteiger partial charge in [0.05, 0.1) is 0 Å². The molecule has 1 N–H and O–H groups in total. The maximum atomic E-state index is 11.9. The topological polar surface area (TPSA) is 80.7 Å². The molecule has 0 aromatic rings. The van der Waals surface area contributed by atoms with Crippen molar-refractivity contribution in [2.45, 2.75) is 18.3 Å². The molecular formula is C5H7F3O5S. The minimum Gasteiger partial charge on any atom is -0.464 e. The minimum absolute atomic E-state index is 0.817. The van der Waals surface area contributed by atoms with E-state index in [4.69, 9.17) is 4.55 Å². The van der Waals surface area contributed by atoms with Crippen LogP contribution in [0, 0.1) is 0 Å². The smallest absolute Gasteiger partial charge is 0.411 e. The fourth-order valence-corrected chi connectivity index (χ4v) is 1.12. The second-order valence-corrected chi connectivity index (χ2v) is 3.95. The number of carbonyl (C=O) groups excluding carboxylic acids is 1. The molecule has 0 aliphatic rings. The first kappa shape index (κ1) is 13.2. The number of rotatable bonds is 3. The van der Waals surface area contributed by atoms with Crippen LogP contribution < -0.4 is 0 Å². The van der Waals surface area contributed by atoms with E-state index in [0.29, 0.717) is 0 Å². The SMILES string of the molecule is CC(=O)OCC(C(F)(F)F)S(=O)(=O)O. The summed E-state index contributed by atoms with van der Waals surface area (Å²) < 4.78 is 68.3. The molecule has 0 rings (SSSR count). The molecule has 0 radical (unpaired) electrons. The van der Waals surface area contributed by atoms with Gasteiger partial charge in [0.2, 0.25) is 5.25 Å². The quantitative estimate of drug-likeness (QED) is 0.565. The number of esters is 1. The average molecular weight is 236 g/mol. The molecule has 0 aliphatic carbocycles. The van der Waals surface area contributed by atoms with Crippen LogP contribution in [0.5, 0.6) is 0 Å². The van der Waals surface area contributed by atoms with Crippen LogP contribution in [0.15, 0.2) is 0 Å². The van der Waals surface area contributed by atoms with Gasteiger partial charge in [-0.2, -0.15) is 21.6 Å². The van der Waals surface area contributed by atoms with Crippen molar-refractivity contribution in [1.82, 2.24) is 0 Å². The van der Waals surface area contributed by atoms with Crippen molar-refractivity contribution in [2.24, 2.45) is 0 Å². The number of carbonyl (C=O) groups is 1. The number of ether oxygens (including phenoxy) is 1. The summed E-state index contributed by atoms with van der Waals surface area (Å²) in [6.45, 7) is -0.630. The monoisotopic (exact) mass is 236 g/mol. The Kier molecular flexibility index (Phi) is 3.89. The van der Waals surface area contributed by atoms with Gasteiger partial charge in [-0.3, -0.25) is 9.35 Å². The van der Waals surface area contributed by atoms with Crippen molar-refractivity contribution in [1.29, 1.82) is 0 Å². The summed E-state index contributed by atoms with van der Waals surface area (Å²) in [6, 6.07) is 0. The van der Waals surface area contributed by atoms with Gasteiger partial charge < -0.3 is 4.74 Å². The van der Waals surface area contributed by atoms with Gasteiger partial charge in [0, 0.05) is 6.92 Å². The van der Waals surface area contributed by atoms with Gasteiger partial charge in [-0.05, 0) is 0 Å². The number of halogens is 3. The van der Waals surface area contributed by atoms with Crippen LogP contribution in [0.1, 0.15) is 6.92 Å². The molecule has 0 aromatic heterocycles. The lowest BCUT2D eigenvalue weighted by Crippen LogP contribution is -2.40. The van der Waals surface area contributed by atoms with Crippen LogP contribution in [-0.4, -0.2) is 37.0 Å². The molecule has 84 valence electrons. The zero-order valence-corrected chi connectivity index (χ0v) is 7.72. The molecule has 14 heavy (non-hydrogen) atoms. The van der Waals surface area contributed by atoms with Crippen LogP contribution >= 0.6 is 0 Å². The third kappa shape index (κ3) is 4.42. The first-order chi connectivity index (χ1) is 6.05. The summed E-state index contributed by atoms with van der Waals surface area (Å²) in [4.78, 5) is 10.1. The molecule has 1 unspecified atom stereocenters. The van der Waals surface area contributed by atoms with E-state index in [1.54, 1.807) is 0 Å². The van der Waals surface area contributed by atoms with E-state index < -0.39 is 34.1 Å². The first-order valence-corrected chi connectivity index (χ1v) is 4.72. The highest BCUT2D eigenvalue weighted by Gasteiger charge is 2.49. The highest BCUT2D eigenvalue weighted by molar-refractivity contribution is 7.86. The van der Waals surface area contributed by atoms with Gasteiger partial charge in [-0.15, -0.1) is 0 Å². The van der Waals surface area contributed by atoms with Gasteiger partial charge in [0.1, 0.15) is 6.61 Å². The van der Waals surface area contributed by atoms with E-state index in [-0.39, 0.29) is 0 Å². The van der Waals surface area contributed by atoms with Crippen molar-refractivity contribution in [2.75, 3.05) is 6.61 Å². The zero-order valence-electron chi connectivity index (χ0n) is 6.91. The first-order valence-electron chi connectivity index (χ1n) is 3.21. The highest BCUT2D eigenvalue weighted by Crippen LogP contribution is 2.25. The lowest BCUT2D eigenvalue weighted by atomic mass is 10.4. The third-order valence-corrected chi connectivity index (χ3v) is 2.29. The fraction of sp³-hybridized carbons (Fsp3) is 0.800. The Hall–Kier alpha value is -0.830. The molecule has 0 spiro atoms. The molecule has 9 heteroatoms. The Morgan fingerprint density at radius 2 is 1.93 bits per heavy atom. The highest BCUT2D eigenvalue weighted by atomic mass is 32.2. The molecular weight excluding hydrogens is 229 g/mol. The Bertz CT molecular complexity index is 306. The molecule has 0 fully saturated rings. The van der Waals surface area contributed by atoms with Crippen molar-refractivity contribution in [3.05, 3.63) is 0 Å². The average Bonchev–Trinajstić information content (AvgIpc) is 1.78. The van der Waals surface area contributed by atoms with Crippen molar-refractivity contribution >= 4 is 16.1 Å². The van der Waals surface area contributed by atoms with Crippen molar-refractivity contribution in [3.8, 4) is 0 Å². The van der Waals surface area contributed by atoms with Gasteiger partial charge in [-0.1, -0.05) is 0 Å². The molecule has 0 saturated heterocycles. The maximum absolute atomic E-state index is 11.9. The molecule has 0 aromatic carbocycles. The Balaban J connectivity index is 4.69. The minimum atomic E-state index is -5.32. The molecule has 0 bridgehead atoms. The van der Waals surface area contributed by atoms with E-state index in [1.807, 2.05) is 0 Å². The van der Waals surface area contributed by atoms with Crippen LogP contribution in [0.3, 0.4) is 0 Å². The summed E-state index contributed by atoms with van der Waals surface area (Å²) in [6.07, 6.45) is -5.18. The standard InChI is InChI=1S/C5H7F3O5S/c1-3(9)13-2-4(5(6,7)8)14(10,11)12/h4H,2H2,1H3,(H,10,11,12). The Morgan fingerprint density at radius 1 is 1.50 bits per heavy atom. The molecule has 1 atom stereocenters. The largest absolute Gasteiger partial charge is 0.464 e. The van der Waals surface area contributed by atoms with Gasteiger partial charge >= 0.3 is 12.1 Å². The molecule has 0 saturated carbocycles. The van der Waals surface area contributed by atoms with Crippen LogP contribution in [0.4, 0.5) is 13.2 Å². The normalized spacial score (nSPS) is 14.9. The second kappa shape index (κ2) is 4.13. The predicted molar refractivity (Wildman–Crippen MR) is 38.0 cm³/mol.